The van der Waals surface area contributed by atoms with Gasteiger partial charge in [-0.25, -0.2) is 14.7 Å². The highest BCUT2D eigenvalue weighted by molar-refractivity contribution is 9.10. The first-order valence-corrected chi connectivity index (χ1v) is 24.1. The van der Waals surface area contributed by atoms with Crippen LogP contribution in [0, 0.1) is 31.6 Å². The largest absolute Gasteiger partial charge is 0.361 e. The van der Waals surface area contributed by atoms with Crippen LogP contribution in [0.15, 0.2) is 29.0 Å². The number of carbonyl (C=O) groups is 1. The van der Waals surface area contributed by atoms with Crippen LogP contribution in [0.1, 0.15) is 48.8 Å². The third kappa shape index (κ3) is 9.33. The summed E-state index contributed by atoms with van der Waals surface area (Å²) in [5.41, 5.74) is 4.99. The van der Waals surface area contributed by atoms with Gasteiger partial charge in [0, 0.05) is 37.4 Å². The van der Waals surface area contributed by atoms with Crippen LogP contribution in [0.4, 0.5) is 5.69 Å². The summed E-state index contributed by atoms with van der Waals surface area (Å²) in [6, 6.07) is 9.21. The van der Waals surface area contributed by atoms with E-state index in [0.29, 0.717) is 42.5 Å². The van der Waals surface area contributed by atoms with E-state index in [-0.39, 0.29) is 17.7 Å². The predicted molar refractivity (Wildman–Crippen MR) is 195 cm³/mol. The number of carbonyl (C=O) groups excluding carboxylic acids is 1. The lowest BCUT2D eigenvalue weighted by molar-refractivity contribution is -0.119. The Morgan fingerprint density at radius 2 is 1.63 bits per heavy atom. The minimum atomic E-state index is -1.22. The molecule has 254 valence electrons. The third-order valence-corrected chi connectivity index (χ3v) is 12.8. The van der Waals surface area contributed by atoms with Crippen molar-refractivity contribution in [3.63, 3.8) is 0 Å². The number of amides is 1. The van der Waals surface area contributed by atoms with Crippen LogP contribution < -0.4 is 5.32 Å². The van der Waals surface area contributed by atoms with Gasteiger partial charge in [-0.05, 0) is 116 Å². The molecule has 1 aromatic carbocycles. The van der Waals surface area contributed by atoms with Gasteiger partial charge in [0.15, 0.2) is 0 Å². The third-order valence-electron chi connectivity index (χ3n) is 9.11. The fourth-order valence-corrected chi connectivity index (χ4v) is 7.91. The lowest BCUT2D eigenvalue weighted by Gasteiger charge is -2.26. The Bertz CT molecular complexity index is 1480. The smallest absolute Gasteiger partial charge is 0.235 e. The molecular weight excluding hydrogens is 680 g/mol. The summed E-state index contributed by atoms with van der Waals surface area (Å²) in [5, 5.41) is 17.0. The van der Waals surface area contributed by atoms with Crippen molar-refractivity contribution in [1.29, 1.82) is 0 Å². The number of nitrogens with one attached hydrogen (secondary N) is 1. The van der Waals surface area contributed by atoms with Crippen LogP contribution in [0.3, 0.4) is 0 Å². The van der Waals surface area contributed by atoms with Crippen molar-refractivity contribution in [2.75, 3.05) is 43.1 Å². The molecule has 9 nitrogen and oxygen atoms in total. The van der Waals surface area contributed by atoms with Gasteiger partial charge in [0.1, 0.15) is 25.2 Å². The molecule has 46 heavy (non-hydrogen) atoms. The molecule has 2 aliphatic rings. The van der Waals surface area contributed by atoms with E-state index < -0.39 is 18.1 Å². The zero-order valence-corrected chi connectivity index (χ0v) is 32.3. The van der Waals surface area contributed by atoms with E-state index in [1.54, 1.807) is 0 Å². The minimum absolute atomic E-state index is 0.0192. The topological polar surface area (TPSA) is 96.1 Å². The lowest BCUT2D eigenvalue weighted by Crippen LogP contribution is -2.32. The number of nitrogens with zero attached hydrogens (tertiary/aromatic N) is 5. The van der Waals surface area contributed by atoms with E-state index in [9.17, 15) is 4.79 Å². The number of ether oxygens (including phenoxy) is 2. The molecule has 2 aromatic heterocycles. The van der Waals surface area contributed by atoms with Crippen LogP contribution in [-0.4, -0.2) is 76.3 Å². The number of halogens is 1. The van der Waals surface area contributed by atoms with Crippen LogP contribution in [0.2, 0.25) is 25.7 Å². The summed E-state index contributed by atoms with van der Waals surface area (Å²) in [4.78, 5) is 14.2. The quantitative estimate of drug-likeness (QED) is 0.113. The van der Waals surface area contributed by atoms with E-state index in [2.05, 4.69) is 88.9 Å². The summed E-state index contributed by atoms with van der Waals surface area (Å²) in [5.74, 6) is 2.75. The summed E-state index contributed by atoms with van der Waals surface area (Å²) in [7, 11) is -1.80. The van der Waals surface area contributed by atoms with Crippen molar-refractivity contribution in [3.05, 3.63) is 46.2 Å². The van der Waals surface area contributed by atoms with Crippen LogP contribution in [0.25, 0.3) is 11.1 Å². The van der Waals surface area contributed by atoms with Gasteiger partial charge in [0.2, 0.25) is 10.6 Å². The van der Waals surface area contributed by atoms with Crippen molar-refractivity contribution < 1.29 is 14.3 Å². The van der Waals surface area contributed by atoms with Crippen molar-refractivity contribution in [3.8, 4) is 11.1 Å². The van der Waals surface area contributed by atoms with E-state index in [0.717, 1.165) is 46.6 Å². The van der Waals surface area contributed by atoms with E-state index >= 15 is 0 Å². The Labute approximate surface area is 286 Å². The van der Waals surface area contributed by atoms with E-state index in [4.69, 9.17) is 14.6 Å². The fraction of sp³-hybridized carbons (Fsp3) is 0.647. The molecule has 5 rings (SSSR count). The van der Waals surface area contributed by atoms with E-state index in [1.165, 1.54) is 25.7 Å². The van der Waals surface area contributed by atoms with Gasteiger partial charge in [-0.15, -0.1) is 10.2 Å². The molecule has 0 saturated heterocycles. The molecule has 1 amide bonds. The van der Waals surface area contributed by atoms with Gasteiger partial charge >= 0.3 is 0 Å². The maximum atomic E-state index is 14.2. The Morgan fingerprint density at radius 1 is 1.00 bits per heavy atom. The molecule has 0 radical (unpaired) electrons. The van der Waals surface area contributed by atoms with Gasteiger partial charge in [0.05, 0.1) is 12.3 Å². The second-order valence-corrected chi connectivity index (χ2v) is 26.2. The number of anilines is 1. The summed E-state index contributed by atoms with van der Waals surface area (Å²) in [6.07, 6.45) is 11.6. The highest BCUT2D eigenvalue weighted by Gasteiger charge is 2.50. The predicted octanol–water partition coefficient (Wildman–Crippen LogP) is 7.66. The van der Waals surface area contributed by atoms with Gasteiger partial charge in [0.25, 0.3) is 0 Å². The van der Waals surface area contributed by atoms with Gasteiger partial charge in [-0.3, -0.25) is 9.36 Å². The van der Waals surface area contributed by atoms with Crippen LogP contribution in [0.5, 0.6) is 0 Å². The maximum Gasteiger partial charge on any atom is 0.235 e. The fourth-order valence-electron chi connectivity index (χ4n) is 6.17. The first-order chi connectivity index (χ1) is 21.7. The lowest BCUT2D eigenvalue weighted by atomic mass is 9.82. The maximum absolute atomic E-state index is 14.2. The number of hydrogen-bond donors (Lipinski definition) is 1. The van der Waals surface area contributed by atoms with Gasteiger partial charge in [-0.1, -0.05) is 31.8 Å². The van der Waals surface area contributed by atoms with Crippen molar-refractivity contribution >= 4 is 45.6 Å². The molecule has 0 bridgehead atoms. The molecular formula is C34H53BrN6O3SSi. The average molecular weight is 734 g/mol. The zero-order valence-electron chi connectivity index (χ0n) is 28.9. The molecule has 2 heterocycles. The number of hydrogen-bond acceptors (Lipinski definition) is 6. The molecule has 1 unspecified atom stereocenters. The molecule has 2 aliphatic carbocycles. The average Bonchev–Trinajstić information content (AvgIpc) is 3.90. The summed E-state index contributed by atoms with van der Waals surface area (Å²) >= 11 is 3.59. The molecule has 2 saturated carbocycles. The molecule has 1 N–H and O–H groups in total. The number of aryl methyl sites for hydroxylation is 1. The van der Waals surface area contributed by atoms with E-state index in [1.807, 2.05) is 28.3 Å². The Balaban J connectivity index is 1.31. The molecule has 0 aliphatic heterocycles. The number of aromatic nitrogens is 5. The standard InChI is InChI=1S/C34H53BrN6O3SSi/c1-23-29(24(2)41(39-23)22-43-17-19-45(3,4)5)25-13-15-28(16-14-25)36-33(42)31(30(26-9-10-26)27-11-12-27)32-37-38-34(35)40(32)21-44-18-20-46(6,7)8/h13-16,26-27,30-31H,9-12,17-22H2,1-8H3,(H,36,42). The van der Waals surface area contributed by atoms with Crippen molar-refractivity contribution in [2.45, 2.75) is 84.6 Å². The minimum Gasteiger partial charge on any atom is -0.361 e. The Morgan fingerprint density at radius 3 is 2.22 bits per heavy atom. The van der Waals surface area contributed by atoms with Crippen LogP contribution in [-0.2, 0) is 27.7 Å². The van der Waals surface area contributed by atoms with Crippen molar-refractivity contribution in [1.82, 2.24) is 24.5 Å². The van der Waals surface area contributed by atoms with Gasteiger partial charge in [-0.2, -0.15) is 5.10 Å². The highest BCUT2D eigenvalue weighted by atomic mass is 79.9. The van der Waals surface area contributed by atoms with Gasteiger partial charge < -0.3 is 14.8 Å². The first-order valence-electron chi connectivity index (χ1n) is 16.6. The van der Waals surface area contributed by atoms with Crippen molar-refractivity contribution in [2.24, 2.45) is 17.8 Å². The monoisotopic (exact) mass is 732 g/mol. The molecule has 1 atom stereocenters. The second kappa shape index (κ2) is 14.6. The summed E-state index contributed by atoms with van der Waals surface area (Å²) in [6.45, 7) is 13.4. The van der Waals surface area contributed by atoms with Crippen LogP contribution >= 0.6 is 26.0 Å². The second-order valence-electron chi connectivity index (χ2n) is 15.3. The number of benzene rings is 1. The Hall–Kier alpha value is -1.99. The first kappa shape index (κ1) is 35.3. The highest BCUT2D eigenvalue weighted by Crippen LogP contribution is 2.55. The zero-order chi connectivity index (χ0) is 33.2. The number of rotatable bonds is 17. The molecule has 3 aromatic rings. The summed E-state index contributed by atoms with van der Waals surface area (Å²) < 4.78 is 16.6. The normalized spacial score (nSPS) is 16.7. The molecule has 0 spiro atoms. The SMILES string of the molecule is Cc1nn(COCCS(C)(C)C)c(C)c1-c1ccc(NC(=O)C(c2nnc(Br)n2COCC[Si](C)(C)C)C(C2CC2)C2CC2)cc1. The molecule has 12 heteroatoms. The molecule has 2 fully saturated rings. The Kier molecular flexibility index (Phi) is 11.2.